The second kappa shape index (κ2) is 5.68. The molecule has 0 unspecified atom stereocenters. The Kier molecular flexibility index (Phi) is 3.70. The highest BCUT2D eigenvalue weighted by Gasteiger charge is 2.20. The third-order valence-corrected chi connectivity index (χ3v) is 3.81. The van der Waals surface area contributed by atoms with Crippen molar-refractivity contribution in [1.82, 2.24) is 0 Å². The van der Waals surface area contributed by atoms with Crippen LogP contribution in [0.5, 0.6) is 11.5 Å². The van der Waals surface area contributed by atoms with Crippen LogP contribution in [0.4, 0.5) is 5.69 Å². The number of ketones is 1. The van der Waals surface area contributed by atoms with Crippen molar-refractivity contribution in [2.24, 2.45) is 0 Å². The molecule has 23 heavy (non-hydrogen) atoms. The molecule has 3 rings (SSSR count). The molecule has 2 aromatic carbocycles. The third-order valence-electron chi connectivity index (χ3n) is 3.81. The fraction of sp³-hybridized carbons (Fsp3) is 0.167. The van der Waals surface area contributed by atoms with Gasteiger partial charge in [0.1, 0.15) is 5.58 Å². The molecular weight excluding hydrogens is 294 g/mol. The van der Waals surface area contributed by atoms with Crippen molar-refractivity contribution in [2.75, 3.05) is 20.0 Å². The summed E-state index contributed by atoms with van der Waals surface area (Å²) >= 11 is 0. The number of carbonyl (C=O) groups is 1. The van der Waals surface area contributed by atoms with Gasteiger partial charge < -0.3 is 19.6 Å². The molecule has 0 amide bonds. The Morgan fingerprint density at radius 2 is 1.78 bits per heavy atom. The van der Waals surface area contributed by atoms with E-state index in [-0.39, 0.29) is 5.78 Å². The molecule has 1 aromatic heterocycles. The van der Waals surface area contributed by atoms with Gasteiger partial charge in [0.25, 0.3) is 0 Å². The molecule has 5 heteroatoms. The highest BCUT2D eigenvalue weighted by atomic mass is 16.5. The summed E-state index contributed by atoms with van der Waals surface area (Å²) in [5, 5.41) is 0.878. The van der Waals surface area contributed by atoms with Crippen LogP contribution >= 0.6 is 0 Å². The van der Waals surface area contributed by atoms with E-state index < -0.39 is 0 Å². The first-order valence-corrected chi connectivity index (χ1v) is 7.10. The smallest absolute Gasteiger partial charge is 0.228 e. The van der Waals surface area contributed by atoms with Crippen molar-refractivity contribution in [3.63, 3.8) is 0 Å². The van der Waals surface area contributed by atoms with Crippen LogP contribution in [0.3, 0.4) is 0 Å². The van der Waals surface area contributed by atoms with Crippen LogP contribution in [0, 0.1) is 6.92 Å². The number of fused-ring (bicyclic) bond motifs is 1. The Morgan fingerprint density at radius 3 is 2.48 bits per heavy atom. The van der Waals surface area contributed by atoms with E-state index in [1.165, 1.54) is 7.11 Å². The SMILES string of the molecule is COc1ccc(C(=O)c2oc3cc(N)ccc3c2C)cc1OC. The summed E-state index contributed by atoms with van der Waals surface area (Å²) in [5.74, 6) is 1.16. The van der Waals surface area contributed by atoms with Crippen LogP contribution in [0.15, 0.2) is 40.8 Å². The summed E-state index contributed by atoms with van der Waals surface area (Å²) in [7, 11) is 3.08. The second-order valence-corrected chi connectivity index (χ2v) is 5.21. The maximum absolute atomic E-state index is 12.8. The number of benzene rings is 2. The lowest BCUT2D eigenvalue weighted by Gasteiger charge is -2.08. The Bertz CT molecular complexity index is 895. The molecule has 5 nitrogen and oxygen atoms in total. The van der Waals surface area contributed by atoms with Gasteiger partial charge in [-0.05, 0) is 37.3 Å². The molecule has 0 aliphatic carbocycles. The van der Waals surface area contributed by atoms with Gasteiger partial charge in [-0.25, -0.2) is 0 Å². The lowest BCUT2D eigenvalue weighted by molar-refractivity contribution is 0.101. The van der Waals surface area contributed by atoms with Crippen LogP contribution in [0.1, 0.15) is 21.7 Å². The van der Waals surface area contributed by atoms with E-state index in [9.17, 15) is 4.79 Å². The van der Waals surface area contributed by atoms with Gasteiger partial charge in [-0.15, -0.1) is 0 Å². The van der Waals surface area contributed by atoms with Gasteiger partial charge in [0, 0.05) is 28.3 Å². The Hall–Kier alpha value is -2.95. The van der Waals surface area contributed by atoms with Gasteiger partial charge >= 0.3 is 0 Å². The molecule has 0 bridgehead atoms. The van der Waals surface area contributed by atoms with Crippen LogP contribution in [-0.4, -0.2) is 20.0 Å². The Balaban J connectivity index is 2.08. The molecule has 0 aliphatic heterocycles. The average molecular weight is 311 g/mol. The van der Waals surface area contributed by atoms with Crippen LogP contribution in [-0.2, 0) is 0 Å². The van der Waals surface area contributed by atoms with Crippen molar-refractivity contribution in [3.8, 4) is 11.5 Å². The zero-order chi connectivity index (χ0) is 16.6. The maximum atomic E-state index is 12.8. The molecule has 0 saturated heterocycles. The molecule has 118 valence electrons. The summed E-state index contributed by atoms with van der Waals surface area (Å²) in [6.45, 7) is 1.86. The average Bonchev–Trinajstić information content (AvgIpc) is 2.89. The highest BCUT2D eigenvalue weighted by Crippen LogP contribution is 2.31. The topological polar surface area (TPSA) is 74.7 Å². The van der Waals surface area contributed by atoms with Crippen molar-refractivity contribution in [1.29, 1.82) is 0 Å². The number of nitrogen functional groups attached to an aromatic ring is 1. The minimum atomic E-state index is -0.210. The Labute approximate surface area is 133 Å². The van der Waals surface area contributed by atoms with E-state index in [2.05, 4.69) is 0 Å². The number of hydrogen-bond donors (Lipinski definition) is 1. The van der Waals surface area contributed by atoms with E-state index in [1.54, 1.807) is 37.4 Å². The molecule has 0 fully saturated rings. The molecule has 1 heterocycles. The van der Waals surface area contributed by atoms with Crippen LogP contribution < -0.4 is 15.2 Å². The standard InChI is InChI=1S/C18H17NO4/c1-10-13-6-5-12(19)9-15(13)23-18(10)17(20)11-4-7-14(21-2)16(8-11)22-3/h4-9H,19H2,1-3H3. The zero-order valence-corrected chi connectivity index (χ0v) is 13.2. The lowest BCUT2D eigenvalue weighted by Crippen LogP contribution is -2.02. The number of rotatable bonds is 4. The Morgan fingerprint density at radius 1 is 1.04 bits per heavy atom. The van der Waals surface area contributed by atoms with Gasteiger partial charge in [-0.2, -0.15) is 0 Å². The van der Waals surface area contributed by atoms with Crippen molar-refractivity contribution in [2.45, 2.75) is 6.92 Å². The number of anilines is 1. The van der Waals surface area contributed by atoms with E-state index in [4.69, 9.17) is 19.6 Å². The number of methoxy groups -OCH3 is 2. The second-order valence-electron chi connectivity index (χ2n) is 5.21. The van der Waals surface area contributed by atoms with Gasteiger partial charge in [0.15, 0.2) is 17.3 Å². The largest absolute Gasteiger partial charge is 0.493 e. The highest BCUT2D eigenvalue weighted by molar-refractivity contribution is 6.11. The zero-order valence-electron chi connectivity index (χ0n) is 13.2. The van der Waals surface area contributed by atoms with Crippen LogP contribution in [0.2, 0.25) is 0 Å². The molecule has 0 spiro atoms. The predicted molar refractivity (Wildman–Crippen MR) is 88.3 cm³/mol. The van der Waals surface area contributed by atoms with Crippen molar-refractivity contribution in [3.05, 3.63) is 53.3 Å². The quantitative estimate of drug-likeness (QED) is 0.589. The number of furan rings is 1. The number of hydrogen-bond acceptors (Lipinski definition) is 5. The summed E-state index contributed by atoms with van der Waals surface area (Å²) < 4.78 is 16.2. The predicted octanol–water partition coefficient (Wildman–Crippen LogP) is 3.57. The maximum Gasteiger partial charge on any atom is 0.228 e. The fourth-order valence-corrected chi connectivity index (χ4v) is 2.57. The third kappa shape index (κ3) is 2.50. The first-order valence-electron chi connectivity index (χ1n) is 7.10. The molecule has 0 radical (unpaired) electrons. The fourth-order valence-electron chi connectivity index (χ4n) is 2.57. The number of carbonyl (C=O) groups excluding carboxylic acids is 1. The summed E-state index contributed by atoms with van der Waals surface area (Å²) in [6, 6.07) is 10.4. The number of aryl methyl sites for hydroxylation is 1. The molecular formula is C18H17NO4. The monoisotopic (exact) mass is 311 g/mol. The van der Waals surface area contributed by atoms with Crippen LogP contribution in [0.25, 0.3) is 11.0 Å². The van der Waals surface area contributed by atoms with Gasteiger partial charge in [-0.3, -0.25) is 4.79 Å². The van der Waals surface area contributed by atoms with E-state index in [0.717, 1.165) is 10.9 Å². The molecule has 0 atom stereocenters. The molecule has 3 aromatic rings. The summed E-state index contributed by atoms with van der Waals surface area (Å²) in [6.07, 6.45) is 0. The first-order chi connectivity index (χ1) is 11.0. The lowest BCUT2D eigenvalue weighted by atomic mass is 10.0. The summed E-state index contributed by atoms with van der Waals surface area (Å²) in [4.78, 5) is 12.8. The van der Waals surface area contributed by atoms with Crippen molar-refractivity contribution >= 4 is 22.4 Å². The molecule has 0 saturated carbocycles. The minimum Gasteiger partial charge on any atom is -0.493 e. The number of nitrogens with two attached hydrogens (primary N) is 1. The van der Waals surface area contributed by atoms with Gasteiger partial charge in [-0.1, -0.05) is 0 Å². The first kappa shape index (κ1) is 15.0. The molecule has 0 aliphatic rings. The van der Waals surface area contributed by atoms with Gasteiger partial charge in [0.2, 0.25) is 5.78 Å². The van der Waals surface area contributed by atoms with E-state index in [0.29, 0.717) is 34.1 Å². The number of ether oxygens (including phenoxy) is 2. The normalized spacial score (nSPS) is 10.7. The van der Waals surface area contributed by atoms with E-state index in [1.807, 2.05) is 13.0 Å². The molecule has 2 N–H and O–H groups in total. The van der Waals surface area contributed by atoms with Crippen molar-refractivity contribution < 1.29 is 18.7 Å². The van der Waals surface area contributed by atoms with E-state index >= 15 is 0 Å². The van der Waals surface area contributed by atoms with Gasteiger partial charge in [0.05, 0.1) is 14.2 Å². The minimum absolute atomic E-state index is 0.210. The summed E-state index contributed by atoms with van der Waals surface area (Å²) in [5.41, 5.74) is 8.22.